The first kappa shape index (κ1) is 11.0. The average molecular weight is 204 g/mol. The normalized spacial score (nSPS) is 9.13. The lowest BCUT2D eigenvalue weighted by molar-refractivity contribution is -0.119. The van der Waals surface area contributed by atoms with Crippen LogP contribution in [0.25, 0.3) is 0 Å². The van der Waals surface area contributed by atoms with Crippen LogP contribution in [-0.2, 0) is 4.79 Å². The van der Waals surface area contributed by atoms with E-state index >= 15 is 0 Å². The number of likely N-dealkylation sites (N-methyl/N-ethyl adjacent to an activating group) is 2. The first-order chi connectivity index (χ1) is 7.17. The lowest BCUT2D eigenvalue weighted by Gasteiger charge is -2.17. The largest absolute Gasteiger partial charge is 0.365 e. The monoisotopic (exact) mass is 204 g/mol. The lowest BCUT2D eigenvalue weighted by atomic mass is 10.3. The number of nitriles is 1. The molecule has 1 aromatic heterocycles. The minimum atomic E-state index is -0.0761. The van der Waals surface area contributed by atoms with E-state index in [1.807, 2.05) is 6.07 Å². The van der Waals surface area contributed by atoms with Crippen LogP contribution in [0.4, 0.5) is 5.69 Å². The molecule has 0 unspecified atom stereocenters. The molecular weight excluding hydrogens is 192 g/mol. The first-order valence-electron chi connectivity index (χ1n) is 4.45. The van der Waals surface area contributed by atoms with E-state index in [1.165, 1.54) is 0 Å². The third-order valence-electron chi connectivity index (χ3n) is 1.96. The van der Waals surface area contributed by atoms with Gasteiger partial charge in [-0.1, -0.05) is 0 Å². The SMILES string of the molecule is CNC(=O)CN(C)c1ccnc(C#N)c1. The van der Waals surface area contributed by atoms with Crippen LogP contribution in [0.1, 0.15) is 5.69 Å². The summed E-state index contributed by atoms with van der Waals surface area (Å²) >= 11 is 0. The minimum absolute atomic E-state index is 0.0761. The van der Waals surface area contributed by atoms with Crippen molar-refractivity contribution in [3.63, 3.8) is 0 Å². The van der Waals surface area contributed by atoms with Crippen LogP contribution < -0.4 is 10.2 Å². The number of hydrogen-bond acceptors (Lipinski definition) is 4. The summed E-state index contributed by atoms with van der Waals surface area (Å²) in [7, 11) is 3.37. The number of hydrogen-bond donors (Lipinski definition) is 1. The van der Waals surface area contributed by atoms with Crippen molar-refractivity contribution in [3.05, 3.63) is 24.0 Å². The molecule has 0 fully saturated rings. The number of nitrogens with one attached hydrogen (secondary N) is 1. The van der Waals surface area contributed by atoms with Crippen LogP contribution in [0.3, 0.4) is 0 Å². The summed E-state index contributed by atoms with van der Waals surface area (Å²) in [5.41, 5.74) is 1.14. The zero-order valence-electron chi connectivity index (χ0n) is 8.69. The third kappa shape index (κ3) is 2.95. The molecule has 78 valence electrons. The van der Waals surface area contributed by atoms with Crippen molar-refractivity contribution in [3.8, 4) is 6.07 Å². The highest BCUT2D eigenvalue weighted by Crippen LogP contribution is 2.11. The van der Waals surface area contributed by atoms with Crippen LogP contribution in [0, 0.1) is 11.3 Å². The molecule has 1 amide bonds. The quantitative estimate of drug-likeness (QED) is 0.760. The molecule has 0 aromatic carbocycles. The molecule has 1 heterocycles. The zero-order chi connectivity index (χ0) is 11.3. The van der Waals surface area contributed by atoms with Crippen molar-refractivity contribution in [2.75, 3.05) is 25.5 Å². The van der Waals surface area contributed by atoms with Gasteiger partial charge < -0.3 is 10.2 Å². The lowest BCUT2D eigenvalue weighted by Crippen LogP contribution is -2.32. The fourth-order valence-electron chi connectivity index (χ4n) is 1.10. The van der Waals surface area contributed by atoms with Crippen molar-refractivity contribution in [1.29, 1.82) is 5.26 Å². The molecule has 1 rings (SSSR count). The highest BCUT2D eigenvalue weighted by Gasteiger charge is 2.06. The van der Waals surface area contributed by atoms with Gasteiger partial charge in [0.2, 0.25) is 5.91 Å². The van der Waals surface area contributed by atoms with E-state index in [0.717, 1.165) is 5.69 Å². The van der Waals surface area contributed by atoms with E-state index in [-0.39, 0.29) is 12.5 Å². The second-order valence-corrected chi connectivity index (χ2v) is 3.04. The Labute approximate surface area is 88.3 Å². The summed E-state index contributed by atoms with van der Waals surface area (Å²) in [6.07, 6.45) is 1.55. The van der Waals surface area contributed by atoms with Gasteiger partial charge in [0.15, 0.2) is 0 Å². The Hall–Kier alpha value is -2.09. The van der Waals surface area contributed by atoms with Gasteiger partial charge in [0, 0.05) is 26.0 Å². The predicted molar refractivity (Wildman–Crippen MR) is 56.3 cm³/mol. The molecule has 0 aliphatic rings. The highest BCUT2D eigenvalue weighted by atomic mass is 16.1. The van der Waals surface area contributed by atoms with Gasteiger partial charge in [-0.2, -0.15) is 5.26 Å². The summed E-state index contributed by atoms with van der Waals surface area (Å²) in [4.78, 5) is 16.7. The molecule has 15 heavy (non-hydrogen) atoms. The van der Waals surface area contributed by atoms with E-state index in [2.05, 4.69) is 10.3 Å². The molecule has 0 spiro atoms. The molecule has 0 aliphatic carbocycles. The molecule has 0 atom stereocenters. The van der Waals surface area contributed by atoms with Crippen LogP contribution in [0.15, 0.2) is 18.3 Å². The summed E-state index contributed by atoms with van der Waals surface area (Å²) in [6.45, 7) is 0.255. The molecule has 0 radical (unpaired) electrons. The number of amides is 1. The number of pyridine rings is 1. The number of carbonyl (C=O) groups is 1. The topological polar surface area (TPSA) is 69.0 Å². The maximum absolute atomic E-state index is 11.1. The third-order valence-corrected chi connectivity index (χ3v) is 1.96. The molecule has 0 saturated heterocycles. The molecule has 0 bridgehead atoms. The van der Waals surface area contributed by atoms with E-state index in [4.69, 9.17) is 5.26 Å². The Morgan fingerprint density at radius 2 is 2.47 bits per heavy atom. The number of aromatic nitrogens is 1. The maximum Gasteiger partial charge on any atom is 0.239 e. The summed E-state index contributed by atoms with van der Waals surface area (Å²) in [5, 5.41) is 11.2. The maximum atomic E-state index is 11.1. The zero-order valence-corrected chi connectivity index (χ0v) is 8.69. The van der Waals surface area contributed by atoms with Crippen molar-refractivity contribution in [1.82, 2.24) is 10.3 Å². The van der Waals surface area contributed by atoms with Crippen LogP contribution in [0.5, 0.6) is 0 Å². The van der Waals surface area contributed by atoms with E-state index < -0.39 is 0 Å². The second-order valence-electron chi connectivity index (χ2n) is 3.04. The Bertz CT molecular complexity index is 397. The fraction of sp³-hybridized carbons (Fsp3) is 0.300. The summed E-state index contributed by atoms with van der Waals surface area (Å²) < 4.78 is 0. The number of rotatable bonds is 3. The standard InChI is InChI=1S/C10H12N4O/c1-12-10(15)7-14(2)9-3-4-13-8(5-9)6-11/h3-5H,7H2,1-2H3,(H,12,15). The Morgan fingerprint density at radius 3 is 3.07 bits per heavy atom. The van der Waals surface area contributed by atoms with Crippen molar-refractivity contribution >= 4 is 11.6 Å². The molecule has 5 nitrogen and oxygen atoms in total. The smallest absolute Gasteiger partial charge is 0.239 e. The number of nitrogens with zero attached hydrogens (tertiary/aromatic N) is 3. The van der Waals surface area contributed by atoms with Gasteiger partial charge >= 0.3 is 0 Å². The molecule has 1 aromatic rings. The van der Waals surface area contributed by atoms with Gasteiger partial charge in [0.05, 0.1) is 6.54 Å². The average Bonchev–Trinajstić information content (AvgIpc) is 2.28. The molecule has 5 heteroatoms. The van der Waals surface area contributed by atoms with E-state index in [0.29, 0.717) is 5.69 Å². The van der Waals surface area contributed by atoms with E-state index in [1.54, 1.807) is 37.3 Å². The summed E-state index contributed by atoms with van der Waals surface area (Å²) in [6, 6.07) is 5.35. The Kier molecular flexibility index (Phi) is 3.63. The van der Waals surface area contributed by atoms with Gasteiger partial charge in [-0.15, -0.1) is 0 Å². The fourth-order valence-corrected chi connectivity index (χ4v) is 1.10. The van der Waals surface area contributed by atoms with Crippen LogP contribution >= 0.6 is 0 Å². The van der Waals surface area contributed by atoms with Gasteiger partial charge in [0.25, 0.3) is 0 Å². The van der Waals surface area contributed by atoms with Gasteiger partial charge in [-0.3, -0.25) is 4.79 Å². The van der Waals surface area contributed by atoms with Crippen LogP contribution in [0.2, 0.25) is 0 Å². The van der Waals surface area contributed by atoms with Gasteiger partial charge in [0.1, 0.15) is 11.8 Å². The van der Waals surface area contributed by atoms with Crippen molar-refractivity contribution in [2.24, 2.45) is 0 Å². The Morgan fingerprint density at radius 1 is 1.73 bits per heavy atom. The van der Waals surface area contributed by atoms with Gasteiger partial charge in [-0.05, 0) is 12.1 Å². The molecule has 0 saturated carbocycles. The highest BCUT2D eigenvalue weighted by molar-refractivity contribution is 5.80. The van der Waals surface area contributed by atoms with Crippen molar-refractivity contribution < 1.29 is 4.79 Å². The molecule has 1 N–H and O–H groups in total. The molecule has 0 aliphatic heterocycles. The minimum Gasteiger partial charge on any atom is -0.365 e. The van der Waals surface area contributed by atoms with Crippen molar-refractivity contribution in [2.45, 2.75) is 0 Å². The number of anilines is 1. The second kappa shape index (κ2) is 4.96. The van der Waals surface area contributed by atoms with E-state index in [9.17, 15) is 4.79 Å². The predicted octanol–water partition coefficient (Wildman–Crippen LogP) is 0.135. The van der Waals surface area contributed by atoms with Gasteiger partial charge in [-0.25, -0.2) is 4.98 Å². The molecular formula is C10H12N4O. The van der Waals surface area contributed by atoms with Crippen LogP contribution in [-0.4, -0.2) is 31.5 Å². The number of carbonyl (C=O) groups excluding carboxylic acids is 1. The first-order valence-corrected chi connectivity index (χ1v) is 4.45. The summed E-state index contributed by atoms with van der Waals surface area (Å²) in [5.74, 6) is -0.0761. The Balaban J connectivity index is 2.78.